The van der Waals surface area contributed by atoms with Crippen LogP contribution in [0.2, 0.25) is 0 Å². The molecule has 4 heterocycles. The molecule has 0 unspecified atom stereocenters. The first kappa shape index (κ1) is 54.2. The second-order valence-corrected chi connectivity index (χ2v) is 19.9. The summed E-state index contributed by atoms with van der Waals surface area (Å²) in [7, 11) is 7.13. The molecule has 3 aliphatic heterocycles. The predicted octanol–water partition coefficient (Wildman–Crippen LogP) is 3.03. The molecule has 4 rings (SSSR count). The van der Waals surface area contributed by atoms with Gasteiger partial charge in [-0.15, -0.1) is 0 Å². The molecule has 0 spiro atoms. The largest absolute Gasteiger partial charge is 0.459 e. The minimum absolute atomic E-state index is 0.0168. The first-order valence-corrected chi connectivity index (χ1v) is 23.2. The molecule has 3 aliphatic rings. The monoisotopic (exact) mass is 911 g/mol. The number of nitrogens with zero attached hydrogens (tertiary/aromatic N) is 3. The molecule has 1 aromatic heterocycles. The van der Waals surface area contributed by atoms with Gasteiger partial charge in [0.25, 0.3) is 0 Å². The molecule has 5 N–H and O–H groups in total. The molecule has 1 aromatic rings. The van der Waals surface area contributed by atoms with Crippen molar-refractivity contribution in [3.8, 4) is 0 Å². The van der Waals surface area contributed by atoms with Gasteiger partial charge in [-0.25, -0.2) is 0 Å². The summed E-state index contributed by atoms with van der Waals surface area (Å²) in [6.45, 7) is 18.9. The fourth-order valence-corrected chi connectivity index (χ4v) is 10.1. The number of nitrogens with one attached hydrogen (secondary N) is 1. The Morgan fingerprint density at radius 1 is 1.03 bits per heavy atom. The summed E-state index contributed by atoms with van der Waals surface area (Å²) in [4.78, 5) is 36.3. The second kappa shape index (κ2) is 23.1. The van der Waals surface area contributed by atoms with E-state index in [1.165, 1.54) is 14.0 Å². The number of esters is 2. The number of methoxy groups -OCH3 is 1. The van der Waals surface area contributed by atoms with E-state index in [9.17, 15) is 30.0 Å². The lowest BCUT2D eigenvalue weighted by Crippen LogP contribution is -2.61. The van der Waals surface area contributed by atoms with Crippen molar-refractivity contribution in [2.45, 2.75) is 198 Å². The smallest absolute Gasteiger partial charge is 0.311 e. The van der Waals surface area contributed by atoms with Gasteiger partial charge in [0.15, 0.2) is 12.6 Å². The van der Waals surface area contributed by atoms with Gasteiger partial charge >= 0.3 is 11.9 Å². The summed E-state index contributed by atoms with van der Waals surface area (Å²) in [5.41, 5.74) is -3.58. The summed E-state index contributed by atoms with van der Waals surface area (Å²) in [6, 6.07) is 2.89. The number of likely N-dealkylation sites (N-methyl/N-ethyl adjacent to an activating group) is 2. The van der Waals surface area contributed by atoms with Gasteiger partial charge in [-0.1, -0.05) is 26.8 Å². The van der Waals surface area contributed by atoms with Crippen LogP contribution < -0.4 is 5.32 Å². The van der Waals surface area contributed by atoms with Crippen LogP contribution in [0.25, 0.3) is 0 Å². The van der Waals surface area contributed by atoms with Gasteiger partial charge in [0.2, 0.25) is 0 Å². The van der Waals surface area contributed by atoms with Gasteiger partial charge in [-0.05, 0) is 106 Å². The maximum atomic E-state index is 14.7. The van der Waals surface area contributed by atoms with Crippen LogP contribution in [0, 0.1) is 17.8 Å². The van der Waals surface area contributed by atoms with E-state index in [-0.39, 0.29) is 43.7 Å². The fraction of sp³-hybridized carbons (Fsp3) is 0.851. The molecule has 17 nitrogen and oxygen atoms in total. The minimum atomic E-state index is -1.87. The molecule has 0 aromatic carbocycles. The van der Waals surface area contributed by atoms with E-state index in [0.717, 1.165) is 5.56 Å². The molecule has 3 saturated heterocycles. The molecule has 18 atom stereocenters. The lowest BCUT2D eigenvalue weighted by molar-refractivity contribution is -0.318. The van der Waals surface area contributed by atoms with E-state index in [2.05, 4.69) is 10.3 Å². The first-order chi connectivity index (χ1) is 29.9. The van der Waals surface area contributed by atoms with Crippen LogP contribution in [0.3, 0.4) is 0 Å². The van der Waals surface area contributed by atoms with Crippen LogP contribution in [0.4, 0.5) is 0 Å². The van der Waals surface area contributed by atoms with Crippen LogP contribution in [0.1, 0.15) is 107 Å². The molecular formula is C47H82N4O13. The highest BCUT2D eigenvalue weighted by atomic mass is 16.7. The molecule has 0 radical (unpaired) electrons. The molecule has 17 heteroatoms. The normalized spacial score (nSPS) is 42.4. The Labute approximate surface area is 381 Å². The lowest BCUT2D eigenvalue weighted by atomic mass is 9.77. The number of rotatable bonds is 13. The number of cyclic esters (lactones) is 1. The third kappa shape index (κ3) is 13.4. The third-order valence-corrected chi connectivity index (χ3v) is 14.0. The Morgan fingerprint density at radius 3 is 2.33 bits per heavy atom. The van der Waals surface area contributed by atoms with E-state index in [4.69, 9.17) is 33.2 Å². The maximum absolute atomic E-state index is 14.7. The second-order valence-electron chi connectivity index (χ2n) is 19.9. The Hall–Kier alpha value is -2.39. The number of hydrogen-bond donors (Lipinski definition) is 5. The van der Waals surface area contributed by atoms with Crippen molar-refractivity contribution < 1.29 is 63.2 Å². The number of aliphatic hydroxyl groups is 4. The summed E-state index contributed by atoms with van der Waals surface area (Å²) >= 11 is 0. The number of ether oxygens (including phenoxy) is 7. The summed E-state index contributed by atoms with van der Waals surface area (Å²) in [5.74, 6) is -3.33. The first-order valence-electron chi connectivity index (χ1n) is 23.2. The predicted molar refractivity (Wildman–Crippen MR) is 239 cm³/mol. The molecular weight excluding hydrogens is 829 g/mol. The molecule has 0 aliphatic carbocycles. The van der Waals surface area contributed by atoms with E-state index in [1.54, 1.807) is 47.0 Å². The quantitative estimate of drug-likeness (QED) is 0.142. The highest BCUT2D eigenvalue weighted by Gasteiger charge is 2.53. The SMILES string of the molecule is CC[C@H]1OC(=O)[C@H](C)[C@@H](O[C@H]2C[C@@](C)(OC)[C@@H](O)[C@H](C)O2)[C@H](C)[C@@H](O[C@@H]2O[C@H](C)C[C@H](N(C)C)[C@H]2O)[C@@](C)(O)C[C@@H](C)CN(C)[C@H](C)[C@@H](OC(=O)CCNCc2cccnc2)[C@]1(C)O. The number of hydrogen-bond acceptors (Lipinski definition) is 17. The Bertz CT molecular complexity index is 1610. The zero-order valence-electron chi connectivity index (χ0n) is 40.9. The number of carbonyl (C=O) groups excluding carboxylic acids is 2. The Morgan fingerprint density at radius 2 is 1.72 bits per heavy atom. The van der Waals surface area contributed by atoms with E-state index < -0.39 is 102 Å². The number of pyridine rings is 1. The van der Waals surface area contributed by atoms with Crippen LogP contribution in [-0.4, -0.2) is 179 Å². The van der Waals surface area contributed by atoms with Crippen molar-refractivity contribution in [3.05, 3.63) is 30.1 Å². The van der Waals surface area contributed by atoms with Gasteiger partial charge in [-0.2, -0.15) is 0 Å². The van der Waals surface area contributed by atoms with E-state index >= 15 is 0 Å². The van der Waals surface area contributed by atoms with E-state index in [0.29, 0.717) is 26.1 Å². The molecule has 368 valence electrons. The van der Waals surface area contributed by atoms with Gasteiger partial charge in [0.05, 0.1) is 48.0 Å². The van der Waals surface area contributed by atoms with Crippen molar-refractivity contribution in [2.75, 3.05) is 41.3 Å². The van der Waals surface area contributed by atoms with Crippen molar-refractivity contribution in [1.82, 2.24) is 20.1 Å². The van der Waals surface area contributed by atoms with Crippen LogP contribution in [0.15, 0.2) is 24.5 Å². The van der Waals surface area contributed by atoms with Crippen molar-refractivity contribution >= 4 is 11.9 Å². The van der Waals surface area contributed by atoms with Crippen molar-refractivity contribution in [2.24, 2.45) is 17.8 Å². The van der Waals surface area contributed by atoms with Crippen molar-refractivity contribution in [1.29, 1.82) is 0 Å². The van der Waals surface area contributed by atoms with Crippen molar-refractivity contribution in [3.63, 3.8) is 0 Å². The van der Waals surface area contributed by atoms with Gasteiger partial charge in [0, 0.05) is 63.6 Å². The Balaban J connectivity index is 1.76. The summed E-state index contributed by atoms with van der Waals surface area (Å²) in [6.07, 6.45) is -5.13. The Kier molecular flexibility index (Phi) is 19.5. The minimum Gasteiger partial charge on any atom is -0.459 e. The standard InChI is InChI=1S/C47H82N4O13/c1-15-35-47(10,57)42(62-36(52)18-20-49-25-33-17-16-19-48-24-33)31(6)51(13)26-27(2)22-45(8,56)41(64-44-38(53)34(50(11)12)21-28(3)59-44)29(4)39(30(5)43(55)61-35)63-37-23-46(9,58-14)40(54)32(7)60-37/h16-17,19,24,27-32,34-35,37-42,44,49,53-54,56-57H,15,18,20-23,25-26H2,1-14H3/t27-,28-,29+,30-,31-,32+,34+,35-,37+,38-,39+,40+,41-,42-,44+,45+,46-,47-/m1/s1. The van der Waals surface area contributed by atoms with Gasteiger partial charge in [-0.3, -0.25) is 19.5 Å². The number of carbonyl (C=O) groups is 2. The van der Waals surface area contributed by atoms with Crippen LogP contribution in [-0.2, 0) is 49.3 Å². The average molecular weight is 911 g/mol. The van der Waals surface area contributed by atoms with Crippen LogP contribution in [0.5, 0.6) is 0 Å². The molecule has 0 saturated carbocycles. The molecule has 0 amide bonds. The molecule has 3 fully saturated rings. The van der Waals surface area contributed by atoms with Crippen LogP contribution >= 0.6 is 0 Å². The summed E-state index contributed by atoms with van der Waals surface area (Å²) in [5, 5.41) is 51.3. The molecule has 0 bridgehead atoms. The number of aromatic nitrogens is 1. The van der Waals surface area contributed by atoms with Gasteiger partial charge < -0.3 is 63.8 Å². The van der Waals surface area contributed by atoms with E-state index in [1.807, 2.05) is 70.8 Å². The average Bonchev–Trinajstić information content (AvgIpc) is 3.23. The number of aliphatic hydroxyl groups excluding tert-OH is 2. The molecule has 64 heavy (non-hydrogen) atoms. The van der Waals surface area contributed by atoms with Gasteiger partial charge in [0.1, 0.15) is 30.0 Å². The fourth-order valence-electron chi connectivity index (χ4n) is 10.1. The third-order valence-electron chi connectivity index (χ3n) is 14.0. The zero-order valence-corrected chi connectivity index (χ0v) is 40.9. The highest BCUT2D eigenvalue weighted by molar-refractivity contribution is 5.73. The zero-order chi connectivity index (χ0) is 47.9. The lowest BCUT2D eigenvalue weighted by Gasteiger charge is -2.48. The topological polar surface area (TPSA) is 211 Å². The maximum Gasteiger partial charge on any atom is 0.311 e. The highest BCUT2D eigenvalue weighted by Crippen LogP contribution is 2.40. The summed E-state index contributed by atoms with van der Waals surface area (Å²) < 4.78 is 44.3.